The van der Waals surface area contributed by atoms with Crippen molar-refractivity contribution in [2.75, 3.05) is 0 Å². The van der Waals surface area contributed by atoms with Crippen LogP contribution in [-0.2, 0) is 0 Å². The molecule has 0 N–H and O–H groups in total. The van der Waals surface area contributed by atoms with Gasteiger partial charge in [-0.15, -0.1) is 0 Å². The fourth-order valence-corrected chi connectivity index (χ4v) is 2.24. The van der Waals surface area contributed by atoms with Crippen LogP contribution in [0, 0.1) is 13.8 Å². The maximum atomic E-state index is 2.28. The van der Waals surface area contributed by atoms with E-state index in [0.29, 0.717) is 0 Å². The van der Waals surface area contributed by atoms with Gasteiger partial charge in [0, 0.05) is 0 Å². The Morgan fingerprint density at radius 1 is 0.500 bits per heavy atom. The second-order valence-electron chi connectivity index (χ2n) is 4.55. The fraction of sp³-hybridized carbons (Fsp3) is 0.125. The predicted molar refractivity (Wildman–Crippen MR) is 70.9 cm³/mol. The van der Waals surface area contributed by atoms with Crippen molar-refractivity contribution in [2.24, 2.45) is 0 Å². The molecule has 0 aliphatic carbocycles. The van der Waals surface area contributed by atoms with Crippen LogP contribution in [-0.4, -0.2) is 0 Å². The van der Waals surface area contributed by atoms with Crippen molar-refractivity contribution in [3.8, 4) is 0 Å². The molecule has 0 amide bonds. The van der Waals surface area contributed by atoms with E-state index in [1.807, 2.05) is 0 Å². The van der Waals surface area contributed by atoms with Gasteiger partial charge < -0.3 is 0 Å². The number of hydrogen-bond acceptors (Lipinski definition) is 0. The molecule has 0 aliphatic rings. The zero-order valence-electron chi connectivity index (χ0n) is 9.62. The van der Waals surface area contributed by atoms with Gasteiger partial charge in [-0.3, -0.25) is 0 Å². The lowest BCUT2D eigenvalue weighted by Gasteiger charge is -2.04. The number of fused-ring (bicyclic) bond motifs is 2. The Balaban J connectivity index is 2.44. The van der Waals surface area contributed by atoms with Crippen LogP contribution in [0.2, 0.25) is 0 Å². The molecule has 0 saturated heterocycles. The summed E-state index contributed by atoms with van der Waals surface area (Å²) in [5, 5.41) is 5.31. The van der Waals surface area contributed by atoms with Gasteiger partial charge in [0.25, 0.3) is 0 Å². The van der Waals surface area contributed by atoms with E-state index in [-0.39, 0.29) is 0 Å². The molecule has 3 aromatic rings. The largest absolute Gasteiger partial charge is 0.0587 e. The highest BCUT2D eigenvalue weighted by molar-refractivity contribution is 5.98. The van der Waals surface area contributed by atoms with Crippen molar-refractivity contribution in [1.82, 2.24) is 0 Å². The second kappa shape index (κ2) is 3.34. The topological polar surface area (TPSA) is 0 Å². The summed E-state index contributed by atoms with van der Waals surface area (Å²) in [7, 11) is 0. The summed E-state index contributed by atoms with van der Waals surface area (Å²) in [6, 6.07) is 17.8. The van der Waals surface area contributed by atoms with Gasteiger partial charge in [0.2, 0.25) is 0 Å². The van der Waals surface area contributed by atoms with Gasteiger partial charge in [0.15, 0.2) is 0 Å². The van der Waals surface area contributed by atoms with Crippen molar-refractivity contribution in [3.63, 3.8) is 0 Å². The summed E-state index contributed by atoms with van der Waals surface area (Å²) in [5.74, 6) is 0. The van der Waals surface area contributed by atoms with Gasteiger partial charge in [0.05, 0.1) is 0 Å². The zero-order chi connectivity index (χ0) is 11.1. The summed E-state index contributed by atoms with van der Waals surface area (Å²) < 4.78 is 0. The van der Waals surface area contributed by atoms with Gasteiger partial charge in [-0.25, -0.2) is 0 Å². The van der Waals surface area contributed by atoms with Crippen LogP contribution in [0.1, 0.15) is 11.1 Å². The molecule has 0 heteroatoms. The van der Waals surface area contributed by atoms with Crippen LogP contribution < -0.4 is 0 Å². The standard InChI is InChI=1S/C16H14/c1-11-3-5-13-9-14-6-4-12(2)8-16(14)10-15(13)7-11/h3-10H,1-2H3. The molecule has 0 aliphatic heterocycles. The first-order chi connectivity index (χ1) is 7.72. The summed E-state index contributed by atoms with van der Waals surface area (Å²) >= 11 is 0. The average Bonchev–Trinajstić information content (AvgIpc) is 2.26. The highest BCUT2D eigenvalue weighted by Crippen LogP contribution is 2.24. The third kappa shape index (κ3) is 1.47. The predicted octanol–water partition coefficient (Wildman–Crippen LogP) is 4.61. The van der Waals surface area contributed by atoms with Crippen LogP contribution in [0.15, 0.2) is 48.5 Å². The van der Waals surface area contributed by atoms with Crippen LogP contribution in [0.25, 0.3) is 21.5 Å². The third-order valence-corrected chi connectivity index (χ3v) is 3.11. The molecule has 3 aromatic carbocycles. The maximum absolute atomic E-state index is 2.28. The van der Waals surface area contributed by atoms with E-state index in [2.05, 4.69) is 62.4 Å². The molecule has 0 unspecified atom stereocenters. The lowest BCUT2D eigenvalue weighted by molar-refractivity contribution is 1.50. The minimum Gasteiger partial charge on any atom is -0.0587 e. The smallest absolute Gasteiger partial charge is 0.0175 e. The molecule has 0 heterocycles. The first-order valence-electron chi connectivity index (χ1n) is 5.63. The second-order valence-corrected chi connectivity index (χ2v) is 4.55. The van der Waals surface area contributed by atoms with Gasteiger partial charge in [-0.2, -0.15) is 0 Å². The molecule has 3 rings (SSSR count). The van der Waals surface area contributed by atoms with Gasteiger partial charge in [-0.1, -0.05) is 47.5 Å². The van der Waals surface area contributed by atoms with E-state index in [1.54, 1.807) is 0 Å². The van der Waals surface area contributed by atoms with E-state index in [1.165, 1.54) is 32.7 Å². The molecule has 0 nitrogen and oxygen atoms in total. The minimum atomic E-state index is 1.32. The highest BCUT2D eigenvalue weighted by Gasteiger charge is 1.98. The average molecular weight is 206 g/mol. The normalized spacial score (nSPS) is 11.1. The van der Waals surface area contributed by atoms with Crippen molar-refractivity contribution in [3.05, 3.63) is 59.7 Å². The van der Waals surface area contributed by atoms with Crippen molar-refractivity contribution >= 4 is 21.5 Å². The van der Waals surface area contributed by atoms with Crippen molar-refractivity contribution in [2.45, 2.75) is 13.8 Å². The third-order valence-electron chi connectivity index (χ3n) is 3.11. The molecular weight excluding hydrogens is 192 g/mol. The molecule has 0 aromatic heterocycles. The van der Waals surface area contributed by atoms with Crippen LogP contribution in [0.5, 0.6) is 0 Å². The molecule has 0 saturated carbocycles. The molecular formula is C16H14. The summed E-state index contributed by atoms with van der Waals surface area (Å²) in [6.45, 7) is 4.28. The number of aryl methyl sites for hydroxylation is 2. The van der Waals surface area contributed by atoms with E-state index in [9.17, 15) is 0 Å². The first-order valence-corrected chi connectivity index (χ1v) is 5.63. The minimum absolute atomic E-state index is 1.32. The molecule has 16 heavy (non-hydrogen) atoms. The van der Waals surface area contributed by atoms with Crippen LogP contribution in [0.4, 0.5) is 0 Å². The highest BCUT2D eigenvalue weighted by atomic mass is 14.0. The first kappa shape index (κ1) is 9.41. The Kier molecular flexibility index (Phi) is 1.97. The Hall–Kier alpha value is -1.82. The Morgan fingerprint density at radius 2 is 0.938 bits per heavy atom. The summed E-state index contributed by atoms with van der Waals surface area (Å²) in [4.78, 5) is 0. The molecule has 0 spiro atoms. The Morgan fingerprint density at radius 3 is 1.44 bits per heavy atom. The van der Waals surface area contributed by atoms with Crippen LogP contribution >= 0.6 is 0 Å². The molecule has 78 valence electrons. The van der Waals surface area contributed by atoms with E-state index in [0.717, 1.165) is 0 Å². The Bertz CT molecular complexity index is 621. The number of rotatable bonds is 0. The molecule has 0 atom stereocenters. The molecule has 0 radical (unpaired) electrons. The zero-order valence-corrected chi connectivity index (χ0v) is 9.62. The lowest BCUT2D eigenvalue weighted by Crippen LogP contribution is -1.79. The summed E-state index contributed by atoms with van der Waals surface area (Å²) in [6.07, 6.45) is 0. The number of hydrogen-bond donors (Lipinski definition) is 0. The van der Waals surface area contributed by atoms with Crippen molar-refractivity contribution in [1.29, 1.82) is 0 Å². The van der Waals surface area contributed by atoms with Crippen LogP contribution in [0.3, 0.4) is 0 Å². The maximum Gasteiger partial charge on any atom is -0.0175 e. The van der Waals surface area contributed by atoms with Crippen molar-refractivity contribution < 1.29 is 0 Å². The molecule has 0 bridgehead atoms. The van der Waals surface area contributed by atoms with Gasteiger partial charge in [0.1, 0.15) is 0 Å². The SMILES string of the molecule is Cc1ccc2cc3ccc(C)cc3cc2c1. The van der Waals surface area contributed by atoms with E-state index in [4.69, 9.17) is 0 Å². The van der Waals surface area contributed by atoms with Gasteiger partial charge in [-0.05, 0) is 47.5 Å². The fourth-order valence-electron chi connectivity index (χ4n) is 2.24. The number of benzene rings is 3. The monoisotopic (exact) mass is 206 g/mol. The molecule has 0 fully saturated rings. The van der Waals surface area contributed by atoms with E-state index >= 15 is 0 Å². The Labute approximate surface area is 95.5 Å². The van der Waals surface area contributed by atoms with E-state index < -0.39 is 0 Å². The van der Waals surface area contributed by atoms with Gasteiger partial charge >= 0.3 is 0 Å². The lowest BCUT2D eigenvalue weighted by atomic mass is 10.0. The quantitative estimate of drug-likeness (QED) is 0.471. The summed E-state index contributed by atoms with van der Waals surface area (Å²) in [5.41, 5.74) is 2.64.